The molecule has 4 atom stereocenters. The Morgan fingerprint density at radius 3 is 2.38 bits per heavy atom. The second kappa shape index (κ2) is 17.6. The number of carbonyl (C=O) groups excluding carboxylic acids is 2. The average molecular weight is 664 g/mol. The number of hydrogen-bond donors (Lipinski definition) is 6. The summed E-state index contributed by atoms with van der Waals surface area (Å²) in [5.74, 6) is -0.176. The molecule has 0 saturated carbocycles. The van der Waals surface area contributed by atoms with E-state index in [4.69, 9.17) is 14.6 Å². The predicted molar refractivity (Wildman–Crippen MR) is 167 cm³/mol. The molecule has 2 amide bonds. The lowest BCUT2D eigenvalue weighted by Crippen LogP contribution is -2.57. The molecule has 0 unspecified atom stereocenters. The number of aromatic nitrogens is 2. The van der Waals surface area contributed by atoms with Gasteiger partial charge in [0.15, 0.2) is 0 Å². The van der Waals surface area contributed by atoms with E-state index in [9.17, 15) is 34.4 Å². The summed E-state index contributed by atoms with van der Waals surface area (Å²) >= 11 is 0. The van der Waals surface area contributed by atoms with E-state index in [1.165, 1.54) is 17.0 Å². The molecule has 14 nitrogen and oxygen atoms in total. The molecule has 1 aromatic heterocycles. The number of aliphatic hydroxyl groups excluding tert-OH is 5. The molecule has 15 heteroatoms. The number of methoxy groups -OCH3 is 1. The molecule has 2 aromatic rings. The molecule has 0 bridgehead atoms. The van der Waals surface area contributed by atoms with E-state index in [1.807, 2.05) is 0 Å². The molecule has 47 heavy (non-hydrogen) atoms. The number of nitrogens with one attached hydrogen (secondary N) is 1. The van der Waals surface area contributed by atoms with Crippen LogP contribution in [0.3, 0.4) is 0 Å². The monoisotopic (exact) mass is 663 g/mol. The number of hydrogen-bond acceptors (Lipinski definition) is 12. The zero-order chi connectivity index (χ0) is 33.9. The standard InChI is InChI=1S/C32H46FN5O9/c1-46-19-21-13-35-32(36-14-21)37-8-6-20(7-9-37)3-2-10-47-24-5-4-22(25(33)12-24)11-28(42)38-16-23(17-38)31(45)34-15-26(40)29(43)30(44)27(41)18-39/h4-5,12-14,20,23,26-27,29-30,39-41,43-44H,2-3,6-11,15-19H2,1H3,(H,34,45)/t26-,27+,29+,30+/m0/s1. The van der Waals surface area contributed by atoms with E-state index in [1.54, 1.807) is 25.6 Å². The Hall–Kier alpha value is -3.47. The number of piperidine rings is 1. The average Bonchev–Trinajstić information content (AvgIpc) is 3.05. The smallest absolute Gasteiger partial charge is 0.227 e. The van der Waals surface area contributed by atoms with E-state index < -0.39 is 55.2 Å². The number of benzene rings is 1. The van der Waals surface area contributed by atoms with Gasteiger partial charge in [0, 0.05) is 63.9 Å². The van der Waals surface area contributed by atoms with Gasteiger partial charge in [-0.3, -0.25) is 9.59 Å². The topological polar surface area (TPSA) is 198 Å². The van der Waals surface area contributed by atoms with Crippen LogP contribution >= 0.6 is 0 Å². The normalized spacial score (nSPS) is 18.3. The van der Waals surface area contributed by atoms with Gasteiger partial charge < -0.3 is 50.1 Å². The molecule has 1 aromatic carbocycles. The molecule has 2 saturated heterocycles. The highest BCUT2D eigenvalue weighted by molar-refractivity contribution is 5.85. The number of carbonyl (C=O) groups is 2. The fourth-order valence-electron chi connectivity index (χ4n) is 5.65. The Labute approximate surface area is 273 Å². The third-order valence-electron chi connectivity index (χ3n) is 8.71. The van der Waals surface area contributed by atoms with Gasteiger partial charge in [-0.25, -0.2) is 14.4 Å². The number of nitrogens with zero attached hydrogens (tertiary/aromatic N) is 4. The Morgan fingerprint density at radius 1 is 1.06 bits per heavy atom. The molecular weight excluding hydrogens is 617 g/mol. The van der Waals surface area contributed by atoms with Crippen molar-refractivity contribution >= 4 is 17.8 Å². The lowest BCUT2D eigenvalue weighted by atomic mass is 9.92. The van der Waals surface area contributed by atoms with Crippen molar-refractivity contribution in [1.82, 2.24) is 20.2 Å². The van der Waals surface area contributed by atoms with Crippen molar-refractivity contribution in [2.45, 2.75) is 63.1 Å². The molecular formula is C32H46FN5O9. The highest BCUT2D eigenvalue weighted by atomic mass is 19.1. The van der Waals surface area contributed by atoms with Crippen molar-refractivity contribution in [3.05, 3.63) is 47.5 Å². The van der Waals surface area contributed by atoms with E-state index in [0.29, 0.717) is 24.9 Å². The number of rotatable bonds is 17. The highest BCUT2D eigenvalue weighted by Crippen LogP contribution is 2.25. The van der Waals surface area contributed by atoms with E-state index in [-0.39, 0.29) is 31.0 Å². The minimum Gasteiger partial charge on any atom is -0.493 e. The molecule has 0 radical (unpaired) electrons. The maximum Gasteiger partial charge on any atom is 0.227 e. The van der Waals surface area contributed by atoms with Crippen molar-refractivity contribution < 1.29 is 49.0 Å². The van der Waals surface area contributed by atoms with Gasteiger partial charge in [-0.05, 0) is 43.2 Å². The summed E-state index contributed by atoms with van der Waals surface area (Å²) in [4.78, 5) is 37.5. The second-order valence-corrected chi connectivity index (χ2v) is 12.2. The van der Waals surface area contributed by atoms with Gasteiger partial charge >= 0.3 is 0 Å². The Kier molecular flexibility index (Phi) is 13.6. The largest absolute Gasteiger partial charge is 0.493 e. The summed E-state index contributed by atoms with van der Waals surface area (Å²) in [6.45, 7) is 1.76. The van der Waals surface area contributed by atoms with Crippen LogP contribution in [0.5, 0.6) is 5.75 Å². The van der Waals surface area contributed by atoms with Crippen molar-refractivity contribution in [2.24, 2.45) is 11.8 Å². The lowest BCUT2D eigenvalue weighted by Gasteiger charge is -2.38. The maximum absolute atomic E-state index is 14.8. The summed E-state index contributed by atoms with van der Waals surface area (Å²) in [5.41, 5.74) is 1.16. The first-order valence-electron chi connectivity index (χ1n) is 15.9. The van der Waals surface area contributed by atoms with Crippen molar-refractivity contribution in [3.8, 4) is 5.75 Å². The summed E-state index contributed by atoms with van der Waals surface area (Å²) < 4.78 is 25.7. The second-order valence-electron chi connectivity index (χ2n) is 12.2. The number of ether oxygens (including phenoxy) is 2. The lowest BCUT2D eigenvalue weighted by molar-refractivity contribution is -0.143. The van der Waals surface area contributed by atoms with Gasteiger partial charge in [0.05, 0.1) is 38.3 Å². The molecule has 0 aliphatic carbocycles. The fraction of sp³-hybridized carbons (Fsp3) is 0.625. The van der Waals surface area contributed by atoms with Gasteiger partial charge in [0.1, 0.15) is 29.9 Å². The van der Waals surface area contributed by atoms with Crippen LogP contribution in [0.2, 0.25) is 0 Å². The Morgan fingerprint density at radius 2 is 1.74 bits per heavy atom. The van der Waals surface area contributed by atoms with Crippen LogP contribution in [-0.4, -0.2) is 130 Å². The zero-order valence-electron chi connectivity index (χ0n) is 26.6. The van der Waals surface area contributed by atoms with Crippen LogP contribution < -0.4 is 15.0 Å². The number of halogens is 1. The molecule has 0 spiro atoms. The van der Waals surface area contributed by atoms with Crippen molar-refractivity contribution in [3.63, 3.8) is 0 Å². The van der Waals surface area contributed by atoms with Crippen LogP contribution in [0, 0.1) is 17.7 Å². The van der Waals surface area contributed by atoms with Gasteiger partial charge in [0.2, 0.25) is 17.8 Å². The minimum absolute atomic E-state index is 0.118. The molecule has 260 valence electrons. The molecule has 2 aliphatic heterocycles. The predicted octanol–water partition coefficient (Wildman–Crippen LogP) is -0.609. The van der Waals surface area contributed by atoms with Crippen LogP contribution in [0.1, 0.15) is 36.8 Å². The van der Waals surface area contributed by atoms with Crippen LogP contribution in [0.4, 0.5) is 10.3 Å². The number of amides is 2. The van der Waals surface area contributed by atoms with Gasteiger partial charge in [-0.1, -0.05) is 6.07 Å². The first kappa shape index (κ1) is 36.4. The molecule has 6 N–H and O–H groups in total. The van der Waals surface area contributed by atoms with E-state index in [0.717, 1.165) is 50.3 Å². The summed E-state index contributed by atoms with van der Waals surface area (Å²) in [6.07, 6.45) is 0.539. The highest BCUT2D eigenvalue weighted by Gasteiger charge is 2.37. The number of aliphatic hydroxyl groups is 5. The third-order valence-corrected chi connectivity index (χ3v) is 8.71. The Bertz CT molecular complexity index is 1290. The molecule has 4 rings (SSSR count). The van der Waals surface area contributed by atoms with Crippen molar-refractivity contribution in [2.75, 3.05) is 57.9 Å². The fourth-order valence-corrected chi connectivity index (χ4v) is 5.65. The van der Waals surface area contributed by atoms with E-state index in [2.05, 4.69) is 20.2 Å². The first-order valence-corrected chi connectivity index (χ1v) is 15.9. The summed E-state index contributed by atoms with van der Waals surface area (Å²) in [7, 11) is 1.64. The zero-order valence-corrected chi connectivity index (χ0v) is 26.6. The van der Waals surface area contributed by atoms with Crippen molar-refractivity contribution in [1.29, 1.82) is 0 Å². The molecule has 2 fully saturated rings. The maximum atomic E-state index is 14.8. The summed E-state index contributed by atoms with van der Waals surface area (Å²) in [6, 6.07) is 4.45. The van der Waals surface area contributed by atoms with Crippen LogP contribution in [0.25, 0.3) is 0 Å². The molecule has 2 aliphatic rings. The number of anilines is 1. The number of likely N-dealkylation sites (tertiary alicyclic amines) is 1. The third kappa shape index (κ3) is 10.3. The van der Waals surface area contributed by atoms with Gasteiger partial charge in [0.25, 0.3) is 0 Å². The van der Waals surface area contributed by atoms with Gasteiger partial charge in [-0.15, -0.1) is 0 Å². The quantitative estimate of drug-likeness (QED) is 0.118. The summed E-state index contributed by atoms with van der Waals surface area (Å²) in [5, 5.41) is 50.1. The van der Waals surface area contributed by atoms with Crippen LogP contribution in [0.15, 0.2) is 30.6 Å². The Balaban J connectivity index is 1.10. The SMILES string of the molecule is COCc1cnc(N2CCC(CCCOc3ccc(CC(=O)N4CC(C(=O)NC[C@H](O)[C@@H](O)[C@H](O)[C@H](O)CO)C4)c(F)c3)CC2)nc1. The molecule has 3 heterocycles. The van der Waals surface area contributed by atoms with E-state index >= 15 is 0 Å². The van der Waals surface area contributed by atoms with Crippen LogP contribution in [-0.2, 0) is 27.4 Å². The first-order chi connectivity index (χ1) is 22.6. The minimum atomic E-state index is -1.79. The van der Waals surface area contributed by atoms with Gasteiger partial charge in [-0.2, -0.15) is 0 Å².